The van der Waals surface area contributed by atoms with Crippen LogP contribution in [0.5, 0.6) is 17.2 Å². The zero-order chi connectivity index (χ0) is 66.3. The monoisotopic (exact) mass is 1320 g/mol. The highest BCUT2D eigenvalue weighted by molar-refractivity contribution is 7.80. The second-order valence-electron chi connectivity index (χ2n) is 18.6. The molecule has 2 aliphatic rings. The first-order chi connectivity index (χ1) is 43.1. The molecule has 8 N–H and O–H groups in total. The molecule has 1 unspecified atom stereocenters. The first-order valence-electron chi connectivity index (χ1n) is 28.8. The fourth-order valence-electron chi connectivity index (χ4n) is 6.73. The van der Waals surface area contributed by atoms with Crippen LogP contribution in [0.3, 0.4) is 0 Å². The van der Waals surface area contributed by atoms with E-state index in [4.69, 9.17) is 71.9 Å². The van der Waals surface area contributed by atoms with Crippen molar-refractivity contribution in [3.63, 3.8) is 0 Å². The Morgan fingerprint density at radius 1 is 0.629 bits per heavy atom. The van der Waals surface area contributed by atoms with Gasteiger partial charge in [-0.05, 0) is 138 Å². The Bertz CT molecular complexity index is 2980. The lowest BCUT2D eigenvalue weighted by atomic mass is 10.1. The van der Waals surface area contributed by atoms with E-state index in [-0.39, 0.29) is 44.2 Å². The molecule has 89 heavy (non-hydrogen) atoms. The molecule has 1 fully saturated rings. The van der Waals surface area contributed by atoms with Crippen LogP contribution in [0.25, 0.3) is 0 Å². The van der Waals surface area contributed by atoms with Gasteiger partial charge in [0, 0.05) is 28.7 Å². The maximum atomic E-state index is 12.5. The predicted octanol–water partition coefficient (Wildman–Crippen LogP) is 14.9. The molecule has 1 saturated carbocycles. The van der Waals surface area contributed by atoms with Crippen LogP contribution < -0.4 is 14.2 Å². The Hall–Kier alpha value is -5.99. The highest BCUT2D eigenvalue weighted by Gasteiger charge is 2.11. The standard InChI is InChI=1S/C9H10O3.C8H7NO.C8H10O2.C8H10O.C8H10S.C7H7ClS.C7H6F2O.C5H6OS.C5H10O.C3H8O.C2H6S/c10-6-7-1-2-8-9(5-7)12-4-3-11-8;9-5-7-2-1-3-8(4-7)6-10;9-6-7-10-8-4-2-1-3-5-8;1-7(9)8-5-3-2-4-6-8;1-7-3-2-4-8(5-7)6-9;8-7-4-2-1-3-6(7)5-9;8-6-3-1-2-5(4-10)7(6)9;6-3-5-1-2-7-4-5;6-5-3-1-2-4-5;1-2-3-4;1-2-3/h1-2,5,10H,3-4,6H2;1-4,10H,6H2;1-5,9H,6-7H2;2-7,9H,1H3;2-5,9H,6H2,1H3;1-4,9H,5H2;1-3,10H,4H2;1-2,4,6H,3H2;5-6H,1-4H2;4H,2-3H2,1H3;3H,2H2,1H3. The van der Waals surface area contributed by atoms with Gasteiger partial charge >= 0.3 is 0 Å². The molecular formula is C70H90ClF2NO11S4. The summed E-state index contributed by atoms with van der Waals surface area (Å²) < 4.78 is 40.5. The molecule has 1 aliphatic carbocycles. The highest BCUT2D eigenvalue weighted by atomic mass is 35.5. The Balaban J connectivity index is 0.000000970. The van der Waals surface area contributed by atoms with Gasteiger partial charge in [0.2, 0.25) is 0 Å². The molecule has 0 radical (unpaired) electrons. The Morgan fingerprint density at radius 3 is 1.62 bits per heavy atom. The third-order valence-corrected chi connectivity index (χ3v) is 13.1. The molecule has 1 aromatic heterocycles. The largest absolute Gasteiger partial charge is 0.491 e. The van der Waals surface area contributed by atoms with Gasteiger partial charge in [-0.2, -0.15) is 54.5 Å². The topological polar surface area (TPSA) is 213 Å². The van der Waals surface area contributed by atoms with Crippen molar-refractivity contribution in [2.75, 3.05) is 38.8 Å². The number of thiophene rings is 1. The zero-order valence-corrected chi connectivity index (χ0v) is 55.5. The number of aliphatic hydroxyl groups excluding tert-OH is 8. The van der Waals surface area contributed by atoms with Gasteiger partial charge in [0.05, 0.1) is 56.9 Å². The normalized spacial score (nSPS) is 11.3. The second kappa shape index (κ2) is 56.0. The maximum Gasteiger partial charge on any atom is 0.164 e. The fraction of sp³-hybridized carbons (Fsp3) is 0.329. The lowest BCUT2D eigenvalue weighted by Crippen LogP contribution is -2.15. The number of hydrogen-bond donors (Lipinski definition) is 11. The number of aliphatic hydroxyl groups is 8. The summed E-state index contributed by atoms with van der Waals surface area (Å²) >= 11 is 19.4. The molecule has 0 saturated heterocycles. The van der Waals surface area contributed by atoms with E-state index >= 15 is 0 Å². The first kappa shape index (κ1) is 83.0. The zero-order valence-electron chi connectivity index (χ0n) is 51.2. The molecule has 0 amide bonds. The third kappa shape index (κ3) is 41.8. The van der Waals surface area contributed by atoms with E-state index < -0.39 is 18.2 Å². The summed E-state index contributed by atoms with van der Waals surface area (Å²) in [7, 11) is 0. The lowest BCUT2D eigenvalue weighted by molar-refractivity contribution is 0.171. The third-order valence-electron chi connectivity index (χ3n) is 11.3. The van der Waals surface area contributed by atoms with Crippen LogP contribution in [0, 0.1) is 29.9 Å². The van der Waals surface area contributed by atoms with Crippen molar-refractivity contribution in [2.24, 2.45) is 0 Å². The summed E-state index contributed by atoms with van der Waals surface area (Å²) in [6, 6.07) is 55.0. The van der Waals surface area contributed by atoms with E-state index in [1.54, 1.807) is 48.6 Å². The molecule has 0 spiro atoms. The Morgan fingerprint density at radius 2 is 1.18 bits per heavy atom. The number of hydrogen-bond acceptors (Lipinski definition) is 16. The summed E-state index contributed by atoms with van der Waals surface area (Å²) in [4.78, 5) is 0. The number of nitriles is 1. The summed E-state index contributed by atoms with van der Waals surface area (Å²) in [6.07, 6.45) is 5.14. The van der Waals surface area contributed by atoms with E-state index in [1.165, 1.54) is 36.1 Å². The molecule has 2 heterocycles. The molecular weight excluding hydrogens is 1230 g/mol. The van der Waals surface area contributed by atoms with Crippen molar-refractivity contribution < 1.29 is 63.8 Å². The number of ether oxygens (including phenoxy) is 3. The predicted molar refractivity (Wildman–Crippen MR) is 368 cm³/mol. The molecule has 7 aromatic carbocycles. The first-order valence-corrected chi connectivity index (χ1v) is 32.0. The second-order valence-corrected chi connectivity index (χ2v) is 21.1. The minimum absolute atomic E-state index is 0.00444. The van der Waals surface area contributed by atoms with Crippen LogP contribution >= 0.6 is 60.8 Å². The van der Waals surface area contributed by atoms with Crippen molar-refractivity contribution in [2.45, 2.75) is 110 Å². The Kier molecular flexibility index (Phi) is 52.3. The molecule has 1 aliphatic heterocycles. The number of nitrogens with zero attached hydrogens (tertiary/aromatic N) is 1. The van der Waals surface area contributed by atoms with Crippen molar-refractivity contribution in [3.8, 4) is 23.3 Å². The SMILES string of the molecule is CC(O)c1ccccc1.CCCO.CCS.Cc1cccc(CS)c1.N#Cc1cccc(CO)c1.OC1CCCC1.OCCOc1ccccc1.OCc1ccc2c(c1)OCCO2.OCc1cccc(F)c1F.OCc1ccsc1.SCc1ccccc1Cl. The molecule has 8 aromatic rings. The van der Waals surface area contributed by atoms with Gasteiger partial charge in [0.15, 0.2) is 23.1 Å². The highest BCUT2D eigenvalue weighted by Crippen LogP contribution is 2.30. The molecule has 12 nitrogen and oxygen atoms in total. The average Bonchev–Trinajstić information content (AvgIpc) is 4.39. The quantitative estimate of drug-likeness (QED) is 0.0546. The smallest absolute Gasteiger partial charge is 0.164 e. The van der Waals surface area contributed by atoms with E-state index in [0.29, 0.717) is 37.7 Å². The number of para-hydroxylation sites is 1. The van der Waals surface area contributed by atoms with Gasteiger partial charge in [-0.3, -0.25) is 0 Å². The fourth-order valence-corrected chi connectivity index (χ4v) is 8.16. The van der Waals surface area contributed by atoms with Crippen LogP contribution in [-0.4, -0.2) is 85.7 Å². The Labute approximate surface area is 551 Å². The van der Waals surface area contributed by atoms with E-state index in [1.807, 2.05) is 134 Å². The van der Waals surface area contributed by atoms with Crippen molar-refractivity contribution in [3.05, 3.63) is 253 Å². The van der Waals surface area contributed by atoms with Gasteiger partial charge < -0.3 is 55.1 Å². The van der Waals surface area contributed by atoms with Crippen LogP contribution in [0.4, 0.5) is 8.78 Å². The maximum absolute atomic E-state index is 12.5. The van der Waals surface area contributed by atoms with Gasteiger partial charge in [-0.25, -0.2) is 8.78 Å². The average molecular weight is 1320 g/mol. The van der Waals surface area contributed by atoms with Crippen LogP contribution in [0.15, 0.2) is 187 Å². The van der Waals surface area contributed by atoms with Crippen LogP contribution in [-0.2, 0) is 37.9 Å². The molecule has 10 rings (SSSR count). The van der Waals surface area contributed by atoms with Gasteiger partial charge in [0.1, 0.15) is 25.6 Å². The van der Waals surface area contributed by atoms with Crippen molar-refractivity contribution >= 4 is 60.8 Å². The van der Waals surface area contributed by atoms with E-state index in [2.05, 4.69) is 69.1 Å². The number of rotatable bonds is 11. The van der Waals surface area contributed by atoms with Crippen molar-refractivity contribution in [1.82, 2.24) is 0 Å². The van der Waals surface area contributed by atoms with Gasteiger partial charge in [-0.1, -0.05) is 165 Å². The van der Waals surface area contributed by atoms with Gasteiger partial charge in [0.25, 0.3) is 0 Å². The van der Waals surface area contributed by atoms with Gasteiger partial charge in [-0.15, -0.1) is 0 Å². The molecule has 1 atom stereocenters. The summed E-state index contributed by atoms with van der Waals surface area (Å²) in [5.74, 6) is 2.89. The summed E-state index contributed by atoms with van der Waals surface area (Å²) in [5, 5.41) is 81.5. The summed E-state index contributed by atoms with van der Waals surface area (Å²) in [6.45, 7) is 9.44. The van der Waals surface area contributed by atoms with Crippen LogP contribution in [0.1, 0.15) is 109 Å². The number of fused-ring (bicyclic) bond motifs is 1. The number of benzene rings is 7. The van der Waals surface area contributed by atoms with Crippen molar-refractivity contribution in [1.29, 1.82) is 5.26 Å². The van der Waals surface area contributed by atoms with E-state index in [0.717, 1.165) is 86.9 Å². The lowest BCUT2D eigenvalue weighted by Gasteiger charge is -2.18. The molecule has 0 bridgehead atoms. The van der Waals surface area contributed by atoms with Crippen LogP contribution in [0.2, 0.25) is 5.02 Å². The summed E-state index contributed by atoms with van der Waals surface area (Å²) in [5.41, 5.74) is 7.86. The number of aryl methyl sites for hydroxylation is 1. The molecule has 486 valence electrons. The molecule has 19 heteroatoms. The number of thiol groups is 3. The van der Waals surface area contributed by atoms with E-state index in [9.17, 15) is 8.78 Å². The minimum atomic E-state index is -0.968. The number of halogens is 3. The minimum Gasteiger partial charge on any atom is -0.491 e.